The molecule has 1 aliphatic rings. The van der Waals surface area contributed by atoms with Crippen LogP contribution < -0.4 is 10.2 Å². The summed E-state index contributed by atoms with van der Waals surface area (Å²) in [5.74, 6) is -0.0813. The van der Waals surface area contributed by atoms with E-state index in [1.54, 1.807) is 6.07 Å². The van der Waals surface area contributed by atoms with Gasteiger partial charge in [-0.1, -0.05) is 19.9 Å². The summed E-state index contributed by atoms with van der Waals surface area (Å²) in [5.41, 5.74) is 0.611. The summed E-state index contributed by atoms with van der Waals surface area (Å²) in [4.78, 5) is 3.81. The summed E-state index contributed by atoms with van der Waals surface area (Å²) in [5, 5.41) is 0. The van der Waals surface area contributed by atoms with Crippen LogP contribution in [0.3, 0.4) is 0 Å². The van der Waals surface area contributed by atoms with Gasteiger partial charge < -0.3 is 14.0 Å². The topological polar surface area (TPSA) is 40.6 Å². The van der Waals surface area contributed by atoms with Crippen LogP contribution in [0.4, 0.5) is 13.2 Å². The minimum atomic E-state index is -4.37. The van der Waals surface area contributed by atoms with E-state index < -0.39 is 19.9 Å². The molecular formula is C12H15BF3NO3. The van der Waals surface area contributed by atoms with Crippen LogP contribution in [0.1, 0.15) is 13.8 Å². The highest BCUT2D eigenvalue weighted by Crippen LogP contribution is 2.21. The number of hydrogen-bond donors (Lipinski definition) is 0. The first-order valence-electron chi connectivity index (χ1n) is 6.14. The number of rotatable bonds is 3. The molecule has 1 saturated heterocycles. The second-order valence-corrected chi connectivity index (χ2v) is 5.45. The molecule has 0 amide bonds. The summed E-state index contributed by atoms with van der Waals surface area (Å²) < 4.78 is 51.6. The smallest absolute Gasteiger partial charge is 0.468 e. The maximum absolute atomic E-state index is 12.0. The van der Waals surface area contributed by atoms with Gasteiger partial charge in [0, 0.05) is 30.3 Å². The molecule has 20 heavy (non-hydrogen) atoms. The normalized spacial score (nSPS) is 18.9. The first-order chi connectivity index (χ1) is 9.25. The average molecular weight is 289 g/mol. The Morgan fingerprint density at radius 1 is 1.30 bits per heavy atom. The Morgan fingerprint density at radius 3 is 2.45 bits per heavy atom. The number of halogens is 3. The van der Waals surface area contributed by atoms with Gasteiger partial charge in [-0.3, -0.25) is 0 Å². The van der Waals surface area contributed by atoms with Crippen molar-refractivity contribution in [1.82, 2.24) is 4.98 Å². The number of ether oxygens (including phenoxy) is 1. The minimum Gasteiger partial charge on any atom is -0.468 e. The van der Waals surface area contributed by atoms with E-state index in [1.165, 1.54) is 12.3 Å². The Kier molecular flexibility index (Phi) is 4.24. The number of pyridine rings is 1. The molecule has 0 saturated carbocycles. The molecule has 2 heterocycles. The van der Waals surface area contributed by atoms with E-state index in [9.17, 15) is 13.2 Å². The van der Waals surface area contributed by atoms with Gasteiger partial charge in [-0.25, -0.2) is 4.98 Å². The molecule has 0 N–H and O–H groups in total. The quantitative estimate of drug-likeness (QED) is 0.795. The Morgan fingerprint density at radius 2 is 1.95 bits per heavy atom. The van der Waals surface area contributed by atoms with Gasteiger partial charge in [0.15, 0.2) is 6.61 Å². The van der Waals surface area contributed by atoms with E-state index in [0.717, 1.165) is 0 Å². The third-order valence-corrected chi connectivity index (χ3v) is 2.67. The lowest BCUT2D eigenvalue weighted by molar-refractivity contribution is -0.154. The van der Waals surface area contributed by atoms with Crippen molar-refractivity contribution in [1.29, 1.82) is 0 Å². The van der Waals surface area contributed by atoms with E-state index in [1.807, 2.05) is 13.8 Å². The zero-order valence-corrected chi connectivity index (χ0v) is 11.2. The van der Waals surface area contributed by atoms with Gasteiger partial charge in [-0.05, 0) is 6.07 Å². The Hall–Kier alpha value is -1.28. The van der Waals surface area contributed by atoms with Gasteiger partial charge in [0.05, 0.1) is 0 Å². The van der Waals surface area contributed by atoms with Crippen molar-refractivity contribution in [3.8, 4) is 5.88 Å². The predicted molar refractivity (Wildman–Crippen MR) is 66.9 cm³/mol. The van der Waals surface area contributed by atoms with Crippen LogP contribution in [0.5, 0.6) is 5.88 Å². The Balaban J connectivity index is 1.92. The summed E-state index contributed by atoms with van der Waals surface area (Å²) in [7, 11) is -0.535. The highest BCUT2D eigenvalue weighted by molar-refractivity contribution is 6.61. The molecule has 0 atom stereocenters. The number of alkyl halides is 3. The van der Waals surface area contributed by atoms with Crippen molar-refractivity contribution in [3.05, 3.63) is 18.3 Å². The molecule has 0 aliphatic carbocycles. The molecule has 110 valence electrons. The fourth-order valence-electron chi connectivity index (χ4n) is 1.66. The van der Waals surface area contributed by atoms with Gasteiger partial charge >= 0.3 is 13.3 Å². The molecule has 0 aromatic carbocycles. The molecule has 1 aromatic rings. The number of hydrogen-bond acceptors (Lipinski definition) is 4. The standard InChI is InChI=1S/C12H15BF3NO3/c1-11(2)6-19-13(20-7-11)9-3-4-10(17-5-9)18-8-12(14,15)16/h3-5H,6-8H2,1-2H3. The van der Waals surface area contributed by atoms with E-state index in [0.29, 0.717) is 18.7 Å². The molecule has 1 fully saturated rings. The van der Waals surface area contributed by atoms with E-state index in [4.69, 9.17) is 9.31 Å². The van der Waals surface area contributed by atoms with E-state index >= 15 is 0 Å². The van der Waals surface area contributed by atoms with Crippen molar-refractivity contribution in [3.63, 3.8) is 0 Å². The molecule has 1 aliphatic heterocycles. The van der Waals surface area contributed by atoms with Gasteiger partial charge in [0.2, 0.25) is 5.88 Å². The van der Waals surface area contributed by atoms with Crippen LogP contribution in [0.25, 0.3) is 0 Å². The van der Waals surface area contributed by atoms with Gasteiger partial charge in [0.1, 0.15) is 0 Å². The van der Waals surface area contributed by atoms with Crippen LogP contribution in [0.2, 0.25) is 0 Å². The first-order valence-corrected chi connectivity index (χ1v) is 6.14. The van der Waals surface area contributed by atoms with Crippen LogP contribution in [-0.4, -0.2) is 38.1 Å². The molecule has 4 nitrogen and oxygen atoms in total. The number of nitrogens with zero attached hydrogens (tertiary/aromatic N) is 1. The van der Waals surface area contributed by atoms with Crippen molar-refractivity contribution < 1.29 is 27.2 Å². The first kappa shape index (κ1) is 15.1. The predicted octanol–water partition coefficient (Wildman–Crippen LogP) is 1.79. The fraction of sp³-hybridized carbons (Fsp3) is 0.583. The summed E-state index contributed by atoms with van der Waals surface area (Å²) in [6.07, 6.45) is -2.98. The molecule has 0 radical (unpaired) electrons. The van der Waals surface area contributed by atoms with Crippen LogP contribution in [0.15, 0.2) is 18.3 Å². The lowest BCUT2D eigenvalue weighted by Crippen LogP contribution is -2.47. The molecule has 0 spiro atoms. The van der Waals surface area contributed by atoms with Gasteiger partial charge in [-0.15, -0.1) is 0 Å². The maximum atomic E-state index is 12.0. The monoisotopic (exact) mass is 289 g/mol. The molecule has 2 rings (SSSR count). The minimum absolute atomic E-state index is 0.0420. The lowest BCUT2D eigenvalue weighted by Gasteiger charge is -2.33. The molecule has 0 bridgehead atoms. The largest absolute Gasteiger partial charge is 0.495 e. The third kappa shape index (κ3) is 4.38. The highest BCUT2D eigenvalue weighted by Gasteiger charge is 2.33. The van der Waals surface area contributed by atoms with Gasteiger partial charge in [0.25, 0.3) is 0 Å². The van der Waals surface area contributed by atoms with Gasteiger partial charge in [-0.2, -0.15) is 13.2 Å². The molecule has 1 aromatic heterocycles. The van der Waals surface area contributed by atoms with Crippen molar-refractivity contribution in [2.24, 2.45) is 5.41 Å². The SMILES string of the molecule is CC1(C)COB(c2ccc(OCC(F)(F)F)nc2)OC1. The second kappa shape index (κ2) is 5.61. The van der Waals surface area contributed by atoms with Crippen molar-refractivity contribution in [2.75, 3.05) is 19.8 Å². The highest BCUT2D eigenvalue weighted by atomic mass is 19.4. The molecule has 8 heteroatoms. The summed E-state index contributed by atoms with van der Waals surface area (Å²) in [6.45, 7) is 3.78. The van der Waals surface area contributed by atoms with Crippen molar-refractivity contribution >= 4 is 12.6 Å². The van der Waals surface area contributed by atoms with E-state index in [2.05, 4.69) is 9.72 Å². The Bertz CT molecular complexity index is 440. The zero-order valence-electron chi connectivity index (χ0n) is 11.2. The van der Waals surface area contributed by atoms with Crippen LogP contribution in [0, 0.1) is 5.41 Å². The maximum Gasteiger partial charge on any atom is 0.495 e. The van der Waals surface area contributed by atoms with E-state index in [-0.39, 0.29) is 11.3 Å². The van der Waals surface area contributed by atoms with Crippen LogP contribution >= 0.6 is 0 Å². The zero-order chi connectivity index (χ0) is 14.8. The molecule has 0 unspecified atom stereocenters. The summed E-state index contributed by atoms with van der Waals surface area (Å²) in [6, 6.07) is 2.95. The van der Waals surface area contributed by atoms with Crippen LogP contribution in [-0.2, 0) is 9.31 Å². The average Bonchev–Trinajstić information content (AvgIpc) is 2.36. The summed E-state index contributed by atoms with van der Waals surface area (Å²) >= 11 is 0. The fourth-order valence-corrected chi connectivity index (χ4v) is 1.66. The number of aromatic nitrogens is 1. The Labute approximate surface area is 115 Å². The van der Waals surface area contributed by atoms with Crippen molar-refractivity contribution in [2.45, 2.75) is 20.0 Å². The lowest BCUT2D eigenvalue weighted by atomic mass is 9.77. The second-order valence-electron chi connectivity index (χ2n) is 5.45. The molecular weight excluding hydrogens is 274 g/mol. The third-order valence-electron chi connectivity index (χ3n) is 2.67.